The maximum atomic E-state index is 14.4. The third-order valence-corrected chi connectivity index (χ3v) is 7.93. The number of sulfonamides is 1. The van der Waals surface area contributed by atoms with Crippen molar-refractivity contribution < 1.29 is 31.4 Å². The van der Waals surface area contributed by atoms with Crippen LogP contribution in [0.5, 0.6) is 11.8 Å². The molecule has 1 aliphatic carbocycles. The van der Waals surface area contributed by atoms with Crippen LogP contribution in [0.1, 0.15) is 37.5 Å². The first-order valence-corrected chi connectivity index (χ1v) is 12.7. The van der Waals surface area contributed by atoms with Crippen molar-refractivity contribution in [1.29, 1.82) is 0 Å². The van der Waals surface area contributed by atoms with Gasteiger partial charge in [0.05, 0.1) is 25.2 Å². The molecule has 0 radical (unpaired) electrons. The summed E-state index contributed by atoms with van der Waals surface area (Å²) in [6, 6.07) is 0. The van der Waals surface area contributed by atoms with Crippen LogP contribution in [0.3, 0.4) is 0 Å². The summed E-state index contributed by atoms with van der Waals surface area (Å²) < 4.78 is 75.0. The van der Waals surface area contributed by atoms with E-state index >= 15 is 0 Å². The first kappa shape index (κ1) is 26.8. The molecule has 0 saturated heterocycles. The molecule has 3 aromatic heterocycles. The molecular weight excluding hydrogens is 538 g/mol. The Kier molecular flexibility index (Phi) is 7.18. The maximum Gasteiger partial charge on any atom is 0.261 e. The number of anilines is 1. The second kappa shape index (κ2) is 9.90. The number of alkyl halides is 2. The molecule has 0 aliphatic heterocycles. The molecule has 17 heteroatoms. The molecule has 0 aromatic carbocycles. The number of rotatable bonds is 10. The molecule has 1 saturated carbocycles. The summed E-state index contributed by atoms with van der Waals surface area (Å²) in [4.78, 5) is 16.1. The summed E-state index contributed by atoms with van der Waals surface area (Å²) in [5.41, 5.74) is -0.0583. The second-order valence-corrected chi connectivity index (χ2v) is 10.6. The van der Waals surface area contributed by atoms with E-state index in [0.29, 0.717) is 0 Å². The average molecular weight is 561 g/mol. The molecule has 13 nitrogen and oxygen atoms in total. The van der Waals surface area contributed by atoms with Crippen molar-refractivity contribution in [3.05, 3.63) is 35.4 Å². The molecular formula is C20H23ClF2N8O5S. The SMILES string of the molecule is COc1ncnc(OC)c1-n1c(NS(=O)(=O)[C@@H](C)[C@H](OC)c2ncc(Cl)cn2)nnc1[C@@H]1[C@H](C)C1(F)F. The Morgan fingerprint density at radius 1 is 1.08 bits per heavy atom. The van der Waals surface area contributed by atoms with Crippen LogP contribution in [-0.4, -0.2) is 75.6 Å². The number of nitrogens with zero attached hydrogens (tertiary/aromatic N) is 7. The van der Waals surface area contributed by atoms with Gasteiger partial charge in [-0.05, 0) is 6.92 Å². The minimum Gasteiger partial charge on any atom is -0.479 e. The smallest absolute Gasteiger partial charge is 0.261 e. The van der Waals surface area contributed by atoms with Crippen LogP contribution < -0.4 is 14.2 Å². The number of hydrogen-bond donors (Lipinski definition) is 1. The van der Waals surface area contributed by atoms with Gasteiger partial charge in [-0.3, -0.25) is 9.29 Å². The van der Waals surface area contributed by atoms with Gasteiger partial charge in [0, 0.05) is 25.4 Å². The van der Waals surface area contributed by atoms with Crippen molar-refractivity contribution in [2.24, 2.45) is 5.92 Å². The zero-order valence-electron chi connectivity index (χ0n) is 20.3. The molecule has 0 amide bonds. The van der Waals surface area contributed by atoms with Gasteiger partial charge in [0.15, 0.2) is 11.5 Å². The Morgan fingerprint density at radius 3 is 2.14 bits per heavy atom. The van der Waals surface area contributed by atoms with Gasteiger partial charge in [0.2, 0.25) is 27.7 Å². The Hall–Kier alpha value is -3.24. The topological polar surface area (TPSA) is 156 Å². The molecule has 0 spiro atoms. The van der Waals surface area contributed by atoms with Gasteiger partial charge in [0.25, 0.3) is 5.92 Å². The van der Waals surface area contributed by atoms with Crippen LogP contribution in [-0.2, 0) is 14.8 Å². The summed E-state index contributed by atoms with van der Waals surface area (Å²) in [6.45, 7) is 2.71. The third kappa shape index (κ3) is 4.75. The fourth-order valence-corrected chi connectivity index (χ4v) is 5.08. The molecule has 3 heterocycles. The van der Waals surface area contributed by atoms with E-state index < -0.39 is 45.1 Å². The maximum absolute atomic E-state index is 14.4. The van der Waals surface area contributed by atoms with Gasteiger partial charge in [-0.15, -0.1) is 10.2 Å². The van der Waals surface area contributed by atoms with Crippen molar-refractivity contribution in [2.45, 2.75) is 37.0 Å². The lowest BCUT2D eigenvalue weighted by Gasteiger charge is -2.22. The van der Waals surface area contributed by atoms with E-state index in [2.05, 4.69) is 34.9 Å². The van der Waals surface area contributed by atoms with Crippen LogP contribution in [0.2, 0.25) is 5.02 Å². The van der Waals surface area contributed by atoms with Crippen molar-refractivity contribution in [2.75, 3.05) is 26.1 Å². The Morgan fingerprint density at radius 2 is 1.65 bits per heavy atom. The zero-order valence-corrected chi connectivity index (χ0v) is 21.8. The van der Waals surface area contributed by atoms with Gasteiger partial charge in [-0.25, -0.2) is 27.2 Å². The fourth-order valence-electron chi connectivity index (χ4n) is 3.86. The summed E-state index contributed by atoms with van der Waals surface area (Å²) in [5, 5.41) is 6.75. The summed E-state index contributed by atoms with van der Waals surface area (Å²) in [7, 11) is -0.421. The largest absolute Gasteiger partial charge is 0.479 e. The molecule has 4 atom stereocenters. The Balaban J connectivity index is 1.80. The van der Waals surface area contributed by atoms with Gasteiger partial charge in [-0.2, -0.15) is 9.97 Å². The molecule has 0 unspecified atom stereocenters. The van der Waals surface area contributed by atoms with Crippen LogP contribution >= 0.6 is 11.6 Å². The van der Waals surface area contributed by atoms with E-state index in [1.54, 1.807) is 0 Å². The summed E-state index contributed by atoms with van der Waals surface area (Å²) in [5.74, 6) is -6.23. The highest BCUT2D eigenvalue weighted by Gasteiger charge is 2.68. The molecule has 4 rings (SSSR count). The quantitative estimate of drug-likeness (QED) is 0.388. The number of halogens is 3. The average Bonchev–Trinajstić information content (AvgIpc) is 3.15. The highest BCUT2D eigenvalue weighted by Crippen LogP contribution is 2.61. The summed E-state index contributed by atoms with van der Waals surface area (Å²) in [6.07, 6.45) is 2.64. The summed E-state index contributed by atoms with van der Waals surface area (Å²) >= 11 is 5.83. The van der Waals surface area contributed by atoms with Crippen molar-refractivity contribution >= 4 is 27.6 Å². The predicted molar refractivity (Wildman–Crippen MR) is 126 cm³/mol. The third-order valence-electron chi connectivity index (χ3n) is 6.04. The lowest BCUT2D eigenvalue weighted by atomic mass is 10.2. The monoisotopic (exact) mass is 560 g/mol. The standard InChI is InChI=1S/C20H23ClF2N8O5S/c1-9-12(20(9,22)23)16-28-29-19(31(16)13-17(35-4)26-8-27-18(13)36-5)30-37(32,33)10(2)14(34-3)15-24-6-11(21)7-25-15/h6-10,12,14H,1-5H3,(H,29,30)/t9-,10-,12-,14-/m0/s1. The molecule has 1 N–H and O–H groups in total. The van der Waals surface area contributed by atoms with Crippen molar-refractivity contribution in [3.8, 4) is 17.4 Å². The van der Waals surface area contributed by atoms with Crippen LogP contribution in [0.25, 0.3) is 5.69 Å². The van der Waals surface area contributed by atoms with E-state index in [4.69, 9.17) is 25.8 Å². The number of nitrogens with one attached hydrogen (secondary N) is 1. The van der Waals surface area contributed by atoms with E-state index in [0.717, 1.165) is 10.9 Å². The van der Waals surface area contributed by atoms with Crippen molar-refractivity contribution in [1.82, 2.24) is 34.7 Å². The van der Waals surface area contributed by atoms with Gasteiger partial charge in [0.1, 0.15) is 23.5 Å². The Labute approximate surface area is 215 Å². The highest BCUT2D eigenvalue weighted by atomic mass is 35.5. The number of aromatic nitrogens is 7. The number of hydrogen-bond acceptors (Lipinski definition) is 11. The van der Waals surface area contributed by atoms with Crippen LogP contribution in [0, 0.1) is 5.92 Å². The molecule has 37 heavy (non-hydrogen) atoms. The normalized spacial score (nSPS) is 20.2. The van der Waals surface area contributed by atoms with E-state index in [1.807, 2.05) is 0 Å². The van der Waals surface area contributed by atoms with Crippen LogP contribution in [0.4, 0.5) is 14.7 Å². The number of methoxy groups -OCH3 is 3. The molecule has 200 valence electrons. The lowest BCUT2D eigenvalue weighted by Crippen LogP contribution is -2.33. The second-order valence-electron chi connectivity index (χ2n) is 8.17. The first-order valence-electron chi connectivity index (χ1n) is 10.8. The van der Waals surface area contributed by atoms with Gasteiger partial charge >= 0.3 is 0 Å². The highest BCUT2D eigenvalue weighted by molar-refractivity contribution is 7.93. The lowest BCUT2D eigenvalue weighted by molar-refractivity contribution is 0.0949. The van der Waals surface area contributed by atoms with Crippen molar-refractivity contribution in [3.63, 3.8) is 0 Å². The Bertz CT molecular complexity index is 1370. The number of ether oxygens (including phenoxy) is 3. The van der Waals surface area contributed by atoms with E-state index in [1.165, 1.54) is 47.6 Å². The molecule has 1 aliphatic rings. The van der Waals surface area contributed by atoms with Crippen LogP contribution in [0.15, 0.2) is 18.7 Å². The van der Waals surface area contributed by atoms with E-state index in [9.17, 15) is 17.2 Å². The molecule has 1 fully saturated rings. The fraction of sp³-hybridized carbons (Fsp3) is 0.500. The predicted octanol–water partition coefficient (Wildman–Crippen LogP) is 2.40. The minimum absolute atomic E-state index is 0.0583. The minimum atomic E-state index is -4.31. The zero-order chi connectivity index (χ0) is 27.1. The van der Waals surface area contributed by atoms with Gasteiger partial charge < -0.3 is 14.2 Å². The van der Waals surface area contributed by atoms with E-state index in [-0.39, 0.29) is 34.1 Å². The first-order chi connectivity index (χ1) is 17.5. The molecule has 3 aromatic rings. The van der Waals surface area contributed by atoms with Gasteiger partial charge in [-0.1, -0.05) is 18.5 Å². The molecule has 0 bridgehead atoms.